The first-order valence-electron chi connectivity index (χ1n) is 7.47. The van der Waals surface area contributed by atoms with E-state index in [0.717, 1.165) is 0 Å². The molecule has 2 atom stereocenters. The third-order valence-corrected chi connectivity index (χ3v) is 4.19. The fraction of sp³-hybridized carbons (Fsp3) is 0.533. The molecule has 1 N–H and O–H groups in total. The van der Waals surface area contributed by atoms with Crippen LogP contribution in [-0.2, 0) is 25.7 Å². The monoisotopic (exact) mass is 322 g/mol. The number of carboxylic acid groups (broad SMARTS) is 1. The fourth-order valence-electron chi connectivity index (χ4n) is 2.99. The quantitative estimate of drug-likeness (QED) is 0.833. The zero-order valence-corrected chi connectivity index (χ0v) is 12.5. The highest BCUT2D eigenvalue weighted by molar-refractivity contribution is 5.91. The fourth-order valence-corrected chi connectivity index (χ4v) is 2.99. The molecule has 0 unspecified atom stereocenters. The maximum atomic E-state index is 12.6. The van der Waals surface area contributed by atoms with Crippen LogP contribution >= 0.6 is 0 Å². The van der Waals surface area contributed by atoms with Crippen molar-refractivity contribution in [2.24, 2.45) is 5.92 Å². The van der Waals surface area contributed by atoms with Crippen molar-refractivity contribution in [2.75, 3.05) is 26.3 Å². The predicted molar refractivity (Wildman–Crippen MR) is 76.2 cm³/mol. The summed E-state index contributed by atoms with van der Waals surface area (Å²) in [5.41, 5.74) is 0. The number of carbonyl (C=O) groups excluding carboxylic acids is 2. The first-order valence-corrected chi connectivity index (χ1v) is 7.47. The molecule has 0 aliphatic carbocycles. The Hall–Kier alpha value is -2.35. The third kappa shape index (κ3) is 3.21. The molecule has 0 spiro atoms. The van der Waals surface area contributed by atoms with Crippen LogP contribution in [-0.4, -0.2) is 65.0 Å². The molecule has 2 fully saturated rings. The zero-order valence-electron chi connectivity index (χ0n) is 12.5. The molecule has 8 nitrogen and oxygen atoms in total. The number of hydrogen-bond acceptors (Lipinski definition) is 5. The molecule has 2 aliphatic heterocycles. The van der Waals surface area contributed by atoms with Gasteiger partial charge in [0.1, 0.15) is 5.76 Å². The molecular weight excluding hydrogens is 304 g/mol. The highest BCUT2D eigenvalue weighted by Crippen LogP contribution is 2.24. The Morgan fingerprint density at radius 2 is 2.22 bits per heavy atom. The van der Waals surface area contributed by atoms with Gasteiger partial charge in [0.05, 0.1) is 31.9 Å². The van der Waals surface area contributed by atoms with E-state index in [4.69, 9.17) is 9.15 Å². The second-order valence-electron chi connectivity index (χ2n) is 5.72. The minimum atomic E-state index is -1.09. The number of hydrogen-bond donors (Lipinski definition) is 1. The lowest BCUT2D eigenvalue weighted by Gasteiger charge is -2.34. The van der Waals surface area contributed by atoms with Crippen LogP contribution in [0.3, 0.4) is 0 Å². The summed E-state index contributed by atoms with van der Waals surface area (Å²) in [6.07, 6.45) is 1.63. The van der Waals surface area contributed by atoms with Gasteiger partial charge in [-0.3, -0.25) is 9.59 Å². The molecule has 0 aromatic carbocycles. The topological polar surface area (TPSA) is 100 Å². The second-order valence-corrected chi connectivity index (χ2v) is 5.72. The molecule has 0 saturated carbocycles. The van der Waals surface area contributed by atoms with Crippen molar-refractivity contribution in [2.45, 2.75) is 19.0 Å². The van der Waals surface area contributed by atoms with Gasteiger partial charge in [-0.2, -0.15) is 0 Å². The van der Waals surface area contributed by atoms with Crippen LogP contribution in [0.1, 0.15) is 12.2 Å². The molecule has 124 valence electrons. The summed E-state index contributed by atoms with van der Waals surface area (Å²) in [7, 11) is 0. The van der Waals surface area contributed by atoms with Crippen molar-refractivity contribution in [1.29, 1.82) is 0 Å². The number of rotatable bonds is 4. The Balaban J connectivity index is 1.66. The summed E-state index contributed by atoms with van der Waals surface area (Å²) < 4.78 is 10.4. The maximum Gasteiger partial charge on any atom is 0.328 e. The van der Waals surface area contributed by atoms with Gasteiger partial charge in [0.2, 0.25) is 11.8 Å². The van der Waals surface area contributed by atoms with Crippen LogP contribution in [0.25, 0.3) is 0 Å². The van der Waals surface area contributed by atoms with E-state index in [9.17, 15) is 19.5 Å². The average Bonchev–Trinajstić information content (AvgIpc) is 3.17. The molecule has 23 heavy (non-hydrogen) atoms. The molecule has 1 aromatic rings. The minimum absolute atomic E-state index is 0.0160. The molecular formula is C15H18N2O6. The van der Waals surface area contributed by atoms with E-state index in [0.29, 0.717) is 18.9 Å². The van der Waals surface area contributed by atoms with Crippen molar-refractivity contribution >= 4 is 17.8 Å². The van der Waals surface area contributed by atoms with Gasteiger partial charge in [0.25, 0.3) is 0 Å². The van der Waals surface area contributed by atoms with Crippen LogP contribution in [0.2, 0.25) is 0 Å². The van der Waals surface area contributed by atoms with Gasteiger partial charge in [-0.1, -0.05) is 0 Å². The van der Waals surface area contributed by atoms with E-state index >= 15 is 0 Å². The molecule has 0 bridgehead atoms. The average molecular weight is 322 g/mol. The van der Waals surface area contributed by atoms with E-state index in [1.165, 1.54) is 11.2 Å². The number of ether oxygens (including phenoxy) is 1. The van der Waals surface area contributed by atoms with E-state index in [1.807, 2.05) is 0 Å². The standard InChI is InChI=1S/C15H18N2O6/c18-13-6-10(7-16(13)8-11-2-1-4-23-11)14(19)17-3-5-22-9-12(17)15(20)21/h1-2,4,10,12H,3,5-9H2,(H,20,21)/t10-,12+/m0/s1. The van der Waals surface area contributed by atoms with Crippen LogP contribution in [0.5, 0.6) is 0 Å². The number of nitrogens with zero attached hydrogens (tertiary/aromatic N) is 2. The Morgan fingerprint density at radius 1 is 1.39 bits per heavy atom. The Morgan fingerprint density at radius 3 is 2.91 bits per heavy atom. The molecule has 0 radical (unpaired) electrons. The SMILES string of the molecule is O=C(O)[C@H]1COCCN1C(=O)[C@H]1CC(=O)N(Cc2ccco2)C1. The van der Waals surface area contributed by atoms with E-state index in [1.54, 1.807) is 17.0 Å². The normalized spacial score (nSPS) is 25.0. The van der Waals surface area contributed by atoms with Crippen LogP contribution in [0.15, 0.2) is 22.8 Å². The number of likely N-dealkylation sites (tertiary alicyclic amines) is 1. The largest absolute Gasteiger partial charge is 0.480 e. The van der Waals surface area contributed by atoms with Gasteiger partial charge < -0.3 is 24.1 Å². The summed E-state index contributed by atoms with van der Waals surface area (Å²) in [4.78, 5) is 38.8. The lowest BCUT2D eigenvalue weighted by Crippen LogP contribution is -2.54. The number of morpholine rings is 1. The first-order chi connectivity index (χ1) is 11.1. The van der Waals surface area contributed by atoms with E-state index in [2.05, 4.69) is 0 Å². The lowest BCUT2D eigenvalue weighted by atomic mass is 10.1. The molecule has 2 aliphatic rings. The van der Waals surface area contributed by atoms with E-state index < -0.39 is 17.9 Å². The summed E-state index contributed by atoms with van der Waals surface area (Å²) in [5, 5.41) is 9.21. The molecule has 8 heteroatoms. The Kier molecular flexibility index (Phi) is 4.33. The van der Waals surface area contributed by atoms with Crippen molar-refractivity contribution < 1.29 is 28.6 Å². The second kappa shape index (κ2) is 6.41. The van der Waals surface area contributed by atoms with Gasteiger partial charge in [0, 0.05) is 19.5 Å². The number of amides is 2. The van der Waals surface area contributed by atoms with Crippen LogP contribution in [0, 0.1) is 5.92 Å². The molecule has 2 saturated heterocycles. The molecule has 1 aromatic heterocycles. The minimum Gasteiger partial charge on any atom is -0.480 e. The number of carbonyl (C=O) groups is 3. The molecule has 3 heterocycles. The maximum absolute atomic E-state index is 12.6. The smallest absolute Gasteiger partial charge is 0.328 e. The number of aliphatic carboxylic acids is 1. The van der Waals surface area contributed by atoms with Crippen LogP contribution in [0.4, 0.5) is 0 Å². The lowest BCUT2D eigenvalue weighted by molar-refractivity contribution is -0.160. The van der Waals surface area contributed by atoms with Crippen LogP contribution < -0.4 is 0 Å². The van der Waals surface area contributed by atoms with Gasteiger partial charge in [-0.25, -0.2) is 4.79 Å². The highest BCUT2D eigenvalue weighted by atomic mass is 16.5. The highest BCUT2D eigenvalue weighted by Gasteiger charge is 2.41. The molecule has 3 rings (SSSR count). The van der Waals surface area contributed by atoms with Crippen molar-refractivity contribution in [3.63, 3.8) is 0 Å². The summed E-state index contributed by atoms with van der Waals surface area (Å²) in [6.45, 7) is 1.13. The Bertz CT molecular complexity index is 599. The predicted octanol–water partition coefficient (Wildman–Crippen LogP) is -0.0599. The van der Waals surface area contributed by atoms with Crippen molar-refractivity contribution in [3.8, 4) is 0 Å². The van der Waals surface area contributed by atoms with Crippen molar-refractivity contribution in [1.82, 2.24) is 9.80 Å². The first kappa shape index (κ1) is 15.5. The zero-order chi connectivity index (χ0) is 16.4. The summed E-state index contributed by atoms with van der Waals surface area (Å²) in [5.74, 6) is -1.37. The number of carboxylic acids is 1. The summed E-state index contributed by atoms with van der Waals surface area (Å²) in [6, 6.07) is 2.53. The van der Waals surface area contributed by atoms with Crippen molar-refractivity contribution in [3.05, 3.63) is 24.2 Å². The van der Waals surface area contributed by atoms with Gasteiger partial charge in [-0.15, -0.1) is 0 Å². The third-order valence-electron chi connectivity index (χ3n) is 4.19. The van der Waals surface area contributed by atoms with Gasteiger partial charge >= 0.3 is 5.97 Å². The van der Waals surface area contributed by atoms with Gasteiger partial charge in [0.15, 0.2) is 6.04 Å². The summed E-state index contributed by atoms with van der Waals surface area (Å²) >= 11 is 0. The van der Waals surface area contributed by atoms with E-state index in [-0.39, 0.29) is 37.9 Å². The number of furan rings is 1. The molecule has 2 amide bonds. The van der Waals surface area contributed by atoms with Gasteiger partial charge in [-0.05, 0) is 12.1 Å². The Labute approximate surface area is 132 Å².